The van der Waals surface area contributed by atoms with Crippen LogP contribution in [0.3, 0.4) is 0 Å². The van der Waals surface area contributed by atoms with Crippen molar-refractivity contribution in [1.29, 1.82) is 0 Å². The Bertz CT molecular complexity index is 1070. The van der Waals surface area contributed by atoms with E-state index in [1.807, 2.05) is 68.4 Å². The molecule has 2 N–H and O–H groups in total. The Kier molecular flexibility index (Phi) is 8.66. The summed E-state index contributed by atoms with van der Waals surface area (Å²) in [7, 11) is 0. The second kappa shape index (κ2) is 11.9. The zero-order valence-electron chi connectivity index (χ0n) is 19.3. The quantitative estimate of drug-likeness (QED) is 0.225. The van der Waals surface area contributed by atoms with Crippen molar-refractivity contribution in [3.8, 4) is 17.2 Å². The summed E-state index contributed by atoms with van der Waals surface area (Å²) in [5.41, 5.74) is 6.16. The highest BCUT2D eigenvalue weighted by atomic mass is 16.6. The highest BCUT2D eigenvalue weighted by Crippen LogP contribution is 2.22. The standard InChI is InChI=1S/C26H30N2O5/c1-4-15-32-28-18(2)23(26(29)30)17-20-10-12-22(13-11-20)31-16-14-24-19(3)33-25(27-24)21-8-6-5-7-9-21/h5-13,28H,4,14-17H2,1-3H3,(H,29,30). The molecule has 0 aliphatic carbocycles. The SMILES string of the molecule is CCCONC(C)=C(Cc1ccc(OCCc2nc(-c3ccccc3)oc2C)cc1)C(=O)O. The summed E-state index contributed by atoms with van der Waals surface area (Å²) in [6, 6.07) is 17.2. The van der Waals surface area contributed by atoms with Gasteiger partial charge in [-0.15, -0.1) is 0 Å². The smallest absolute Gasteiger partial charge is 0.333 e. The average Bonchev–Trinajstić information content (AvgIpc) is 3.19. The molecule has 174 valence electrons. The molecule has 0 radical (unpaired) electrons. The number of aliphatic carboxylic acids is 1. The Labute approximate surface area is 194 Å². The van der Waals surface area contributed by atoms with E-state index >= 15 is 0 Å². The number of hydroxylamine groups is 1. The fourth-order valence-corrected chi connectivity index (χ4v) is 3.23. The number of hydrogen-bond acceptors (Lipinski definition) is 6. The van der Waals surface area contributed by atoms with Gasteiger partial charge in [0.05, 0.1) is 24.5 Å². The lowest BCUT2D eigenvalue weighted by molar-refractivity contribution is -0.132. The first-order valence-electron chi connectivity index (χ1n) is 11.0. The number of aromatic nitrogens is 1. The molecule has 2 aromatic carbocycles. The average molecular weight is 451 g/mol. The number of rotatable bonds is 12. The number of carboxylic acid groups (broad SMARTS) is 1. The molecule has 0 saturated heterocycles. The van der Waals surface area contributed by atoms with E-state index in [4.69, 9.17) is 14.0 Å². The molecule has 0 atom stereocenters. The number of ether oxygens (including phenoxy) is 1. The van der Waals surface area contributed by atoms with Crippen LogP contribution in [0.4, 0.5) is 0 Å². The van der Waals surface area contributed by atoms with Crippen molar-refractivity contribution in [1.82, 2.24) is 10.5 Å². The van der Waals surface area contributed by atoms with Gasteiger partial charge in [0.25, 0.3) is 0 Å². The first kappa shape index (κ1) is 24.1. The fraction of sp³-hybridized carbons (Fsp3) is 0.308. The summed E-state index contributed by atoms with van der Waals surface area (Å²) in [5, 5.41) is 9.55. The van der Waals surface area contributed by atoms with Crippen molar-refractivity contribution < 1.29 is 23.9 Å². The lowest BCUT2D eigenvalue weighted by Gasteiger charge is -2.11. The number of carbonyl (C=O) groups is 1. The highest BCUT2D eigenvalue weighted by molar-refractivity contribution is 5.87. The topological polar surface area (TPSA) is 93.8 Å². The van der Waals surface area contributed by atoms with Crippen LogP contribution in [0.5, 0.6) is 5.75 Å². The van der Waals surface area contributed by atoms with Gasteiger partial charge in [-0.1, -0.05) is 37.3 Å². The predicted octanol–water partition coefficient (Wildman–Crippen LogP) is 5.10. The Morgan fingerprint density at radius 1 is 1.09 bits per heavy atom. The molecule has 0 aliphatic rings. The molecule has 7 nitrogen and oxygen atoms in total. The third-order valence-corrected chi connectivity index (χ3v) is 5.07. The van der Waals surface area contributed by atoms with Crippen LogP contribution in [-0.4, -0.2) is 29.3 Å². The van der Waals surface area contributed by atoms with Crippen LogP contribution < -0.4 is 10.2 Å². The third kappa shape index (κ3) is 6.95. The Balaban J connectivity index is 1.55. The zero-order chi connectivity index (χ0) is 23.6. The summed E-state index contributed by atoms with van der Waals surface area (Å²) in [6.07, 6.45) is 1.75. The van der Waals surface area contributed by atoms with Crippen LogP contribution in [0.2, 0.25) is 0 Å². The monoisotopic (exact) mass is 450 g/mol. The van der Waals surface area contributed by atoms with E-state index in [-0.39, 0.29) is 12.0 Å². The maximum absolute atomic E-state index is 11.6. The van der Waals surface area contributed by atoms with Gasteiger partial charge in [-0.3, -0.25) is 10.3 Å². The second-order valence-corrected chi connectivity index (χ2v) is 7.67. The number of nitrogens with one attached hydrogen (secondary N) is 1. The number of benzene rings is 2. The molecule has 1 aromatic heterocycles. The van der Waals surface area contributed by atoms with Gasteiger partial charge in [-0.2, -0.15) is 0 Å². The molecule has 0 spiro atoms. The molecule has 0 amide bonds. The lowest BCUT2D eigenvalue weighted by atomic mass is 10.0. The van der Waals surface area contributed by atoms with E-state index < -0.39 is 5.97 Å². The summed E-state index contributed by atoms with van der Waals surface area (Å²) in [6.45, 7) is 6.56. The number of hydrogen-bond donors (Lipinski definition) is 2. The number of carboxylic acids is 1. The Hall–Kier alpha value is -3.58. The van der Waals surface area contributed by atoms with Crippen LogP contribution >= 0.6 is 0 Å². The molecule has 0 saturated carbocycles. The van der Waals surface area contributed by atoms with Crippen molar-refractivity contribution in [3.05, 3.63) is 82.9 Å². The van der Waals surface area contributed by atoms with Gasteiger partial charge in [-0.05, 0) is 50.1 Å². The molecule has 0 fully saturated rings. The first-order valence-corrected chi connectivity index (χ1v) is 11.0. The van der Waals surface area contributed by atoms with E-state index in [0.717, 1.165) is 29.0 Å². The minimum Gasteiger partial charge on any atom is -0.493 e. The van der Waals surface area contributed by atoms with Crippen molar-refractivity contribution in [3.63, 3.8) is 0 Å². The van der Waals surface area contributed by atoms with Gasteiger partial charge in [0, 0.05) is 24.1 Å². The lowest BCUT2D eigenvalue weighted by Crippen LogP contribution is -2.18. The minimum absolute atomic E-state index is 0.260. The van der Waals surface area contributed by atoms with Gasteiger partial charge in [0.2, 0.25) is 5.89 Å². The zero-order valence-corrected chi connectivity index (χ0v) is 19.3. The number of allylic oxidation sites excluding steroid dienone is 1. The van der Waals surface area contributed by atoms with Crippen molar-refractivity contribution >= 4 is 5.97 Å². The van der Waals surface area contributed by atoms with Gasteiger partial charge in [-0.25, -0.2) is 9.78 Å². The van der Waals surface area contributed by atoms with E-state index in [1.165, 1.54) is 0 Å². The molecule has 3 aromatic rings. The van der Waals surface area contributed by atoms with Gasteiger partial charge < -0.3 is 14.3 Å². The Morgan fingerprint density at radius 3 is 2.48 bits per heavy atom. The van der Waals surface area contributed by atoms with E-state index in [1.54, 1.807) is 6.92 Å². The predicted molar refractivity (Wildman–Crippen MR) is 126 cm³/mol. The molecule has 0 aliphatic heterocycles. The van der Waals surface area contributed by atoms with E-state index in [2.05, 4.69) is 10.5 Å². The number of nitrogens with zero attached hydrogens (tertiary/aromatic N) is 1. The highest BCUT2D eigenvalue weighted by Gasteiger charge is 2.14. The van der Waals surface area contributed by atoms with Gasteiger partial charge in [0.1, 0.15) is 11.5 Å². The summed E-state index contributed by atoms with van der Waals surface area (Å²) in [4.78, 5) is 21.5. The molecule has 0 unspecified atom stereocenters. The number of oxazole rings is 1. The van der Waals surface area contributed by atoms with E-state index in [9.17, 15) is 9.90 Å². The molecule has 3 rings (SSSR count). The summed E-state index contributed by atoms with van der Waals surface area (Å²) < 4.78 is 11.7. The van der Waals surface area contributed by atoms with Gasteiger partial charge >= 0.3 is 5.97 Å². The minimum atomic E-state index is -0.974. The third-order valence-electron chi connectivity index (χ3n) is 5.07. The van der Waals surface area contributed by atoms with Crippen LogP contribution in [0, 0.1) is 6.92 Å². The Morgan fingerprint density at radius 2 is 1.82 bits per heavy atom. The molecular formula is C26H30N2O5. The maximum Gasteiger partial charge on any atom is 0.333 e. The summed E-state index contributed by atoms with van der Waals surface area (Å²) in [5.74, 6) is 1.13. The number of aryl methyl sites for hydroxylation is 1. The molecule has 33 heavy (non-hydrogen) atoms. The maximum atomic E-state index is 11.6. The fourth-order valence-electron chi connectivity index (χ4n) is 3.23. The van der Waals surface area contributed by atoms with Crippen molar-refractivity contribution in [2.75, 3.05) is 13.2 Å². The first-order chi connectivity index (χ1) is 16.0. The molecular weight excluding hydrogens is 420 g/mol. The largest absolute Gasteiger partial charge is 0.493 e. The molecule has 0 bridgehead atoms. The molecule has 7 heteroatoms. The van der Waals surface area contributed by atoms with Crippen molar-refractivity contribution in [2.45, 2.75) is 40.0 Å². The summed E-state index contributed by atoms with van der Waals surface area (Å²) >= 11 is 0. The van der Waals surface area contributed by atoms with Crippen LogP contribution in [0.25, 0.3) is 11.5 Å². The van der Waals surface area contributed by atoms with Crippen molar-refractivity contribution in [2.24, 2.45) is 0 Å². The molecule has 1 heterocycles. The van der Waals surface area contributed by atoms with E-state index in [0.29, 0.717) is 37.0 Å². The van der Waals surface area contributed by atoms with Crippen LogP contribution in [-0.2, 0) is 22.5 Å². The van der Waals surface area contributed by atoms with Crippen LogP contribution in [0.15, 0.2) is 70.3 Å². The normalized spacial score (nSPS) is 11.7. The van der Waals surface area contributed by atoms with Crippen LogP contribution in [0.1, 0.15) is 37.3 Å². The second-order valence-electron chi connectivity index (χ2n) is 7.67. The van der Waals surface area contributed by atoms with Gasteiger partial charge in [0.15, 0.2) is 0 Å².